The second-order valence-corrected chi connectivity index (χ2v) is 13.2. The summed E-state index contributed by atoms with van der Waals surface area (Å²) in [6, 6.07) is 0. The molecule has 0 aromatic heterocycles. The zero-order valence-corrected chi connectivity index (χ0v) is 21.7. The third-order valence-electron chi connectivity index (χ3n) is 5.80. The summed E-state index contributed by atoms with van der Waals surface area (Å²) in [5.41, 5.74) is -0.164. The lowest BCUT2D eigenvalue weighted by Crippen LogP contribution is -2.59. The summed E-state index contributed by atoms with van der Waals surface area (Å²) in [5, 5.41) is 7.20. The lowest BCUT2D eigenvalue weighted by molar-refractivity contribution is -0.153. The Bertz CT molecular complexity index is 559. The summed E-state index contributed by atoms with van der Waals surface area (Å²) in [6.45, 7) is 17.2. The Balaban J connectivity index is 1.62. The van der Waals surface area contributed by atoms with Crippen LogP contribution < -0.4 is 10.6 Å². The van der Waals surface area contributed by atoms with Crippen molar-refractivity contribution < 1.29 is 19.1 Å². The van der Waals surface area contributed by atoms with Gasteiger partial charge in [-0.25, -0.2) is 0 Å². The van der Waals surface area contributed by atoms with Gasteiger partial charge in [0.1, 0.15) is 12.2 Å². The van der Waals surface area contributed by atoms with Gasteiger partial charge in [-0.2, -0.15) is 11.8 Å². The quantitative estimate of drug-likeness (QED) is 0.419. The molecule has 2 aliphatic heterocycles. The van der Waals surface area contributed by atoms with E-state index in [1.54, 1.807) is 11.8 Å². The lowest BCUT2D eigenvalue weighted by Gasteiger charge is -2.45. The van der Waals surface area contributed by atoms with Crippen LogP contribution in [-0.4, -0.2) is 57.8 Å². The fourth-order valence-electron chi connectivity index (χ4n) is 5.53. The van der Waals surface area contributed by atoms with Gasteiger partial charge in [-0.3, -0.25) is 9.59 Å². The molecule has 0 aromatic carbocycles. The number of hydrogen-bond acceptors (Lipinski definition) is 7. The SMILES string of the molecule is CC1(C)CC(OC(=O)CCSCCC(=O)OC2CC(C)(C)NC(C)(C)C2)CC(C)(C)N1. The van der Waals surface area contributed by atoms with Gasteiger partial charge in [0.25, 0.3) is 0 Å². The van der Waals surface area contributed by atoms with E-state index in [4.69, 9.17) is 9.47 Å². The first-order valence-electron chi connectivity index (χ1n) is 11.6. The molecule has 0 atom stereocenters. The average molecular weight is 457 g/mol. The molecule has 2 rings (SSSR count). The minimum Gasteiger partial charge on any atom is -0.462 e. The Hall–Kier alpha value is -0.790. The molecule has 2 saturated heterocycles. The molecule has 7 heteroatoms. The molecule has 180 valence electrons. The number of piperidine rings is 2. The number of esters is 2. The number of ether oxygens (including phenoxy) is 2. The van der Waals surface area contributed by atoms with Crippen LogP contribution in [0.25, 0.3) is 0 Å². The smallest absolute Gasteiger partial charge is 0.306 e. The van der Waals surface area contributed by atoms with Crippen LogP contribution >= 0.6 is 11.8 Å². The minimum atomic E-state index is -0.146. The Morgan fingerprint density at radius 3 is 1.26 bits per heavy atom. The van der Waals surface area contributed by atoms with Gasteiger partial charge in [0.2, 0.25) is 0 Å². The monoisotopic (exact) mass is 456 g/mol. The molecule has 6 nitrogen and oxygen atoms in total. The third-order valence-corrected chi connectivity index (χ3v) is 6.79. The molecule has 0 radical (unpaired) electrons. The number of carbonyl (C=O) groups is 2. The fourth-order valence-corrected chi connectivity index (χ4v) is 6.35. The fraction of sp³-hybridized carbons (Fsp3) is 0.917. The van der Waals surface area contributed by atoms with E-state index >= 15 is 0 Å². The number of nitrogens with one attached hydrogen (secondary N) is 2. The normalized spacial score (nSPS) is 25.0. The second-order valence-electron chi connectivity index (χ2n) is 11.9. The van der Waals surface area contributed by atoms with Gasteiger partial charge in [-0.15, -0.1) is 0 Å². The van der Waals surface area contributed by atoms with Crippen LogP contribution in [0.2, 0.25) is 0 Å². The van der Waals surface area contributed by atoms with Crippen molar-refractivity contribution in [1.29, 1.82) is 0 Å². The molecule has 2 aliphatic rings. The highest BCUT2D eigenvalue weighted by Gasteiger charge is 2.40. The molecule has 2 N–H and O–H groups in total. The number of carbonyl (C=O) groups excluding carboxylic acids is 2. The highest BCUT2D eigenvalue weighted by molar-refractivity contribution is 7.99. The molecule has 0 bridgehead atoms. The summed E-state index contributed by atoms with van der Waals surface area (Å²) in [4.78, 5) is 24.5. The first-order chi connectivity index (χ1) is 14.1. The van der Waals surface area contributed by atoms with Gasteiger partial charge in [0.05, 0.1) is 12.8 Å². The predicted molar refractivity (Wildman–Crippen MR) is 127 cm³/mol. The maximum Gasteiger partial charge on any atom is 0.306 e. The van der Waals surface area contributed by atoms with Crippen molar-refractivity contribution in [3.63, 3.8) is 0 Å². The van der Waals surface area contributed by atoms with Crippen molar-refractivity contribution in [2.45, 2.75) is 128 Å². The predicted octanol–water partition coefficient (Wildman–Crippen LogP) is 4.20. The number of hydrogen-bond donors (Lipinski definition) is 2. The summed E-state index contributed by atoms with van der Waals surface area (Å²) < 4.78 is 11.5. The average Bonchev–Trinajstić information content (AvgIpc) is 2.47. The second kappa shape index (κ2) is 10.0. The van der Waals surface area contributed by atoms with Crippen LogP contribution in [0.4, 0.5) is 0 Å². The molecule has 0 saturated carbocycles. The largest absolute Gasteiger partial charge is 0.462 e. The van der Waals surface area contributed by atoms with E-state index in [1.807, 2.05) is 0 Å². The molecule has 2 heterocycles. The van der Waals surface area contributed by atoms with E-state index in [0.29, 0.717) is 24.3 Å². The van der Waals surface area contributed by atoms with E-state index < -0.39 is 0 Å². The van der Waals surface area contributed by atoms with E-state index in [0.717, 1.165) is 25.7 Å². The van der Waals surface area contributed by atoms with Gasteiger partial charge in [0.15, 0.2) is 0 Å². The highest BCUT2D eigenvalue weighted by Crippen LogP contribution is 2.31. The van der Waals surface area contributed by atoms with E-state index in [9.17, 15) is 9.59 Å². The van der Waals surface area contributed by atoms with Crippen LogP contribution in [0.5, 0.6) is 0 Å². The van der Waals surface area contributed by atoms with Crippen molar-refractivity contribution in [2.24, 2.45) is 0 Å². The Kier molecular flexibility index (Phi) is 8.54. The molecule has 31 heavy (non-hydrogen) atoms. The highest BCUT2D eigenvalue weighted by atomic mass is 32.2. The van der Waals surface area contributed by atoms with Crippen molar-refractivity contribution in [3.05, 3.63) is 0 Å². The van der Waals surface area contributed by atoms with E-state index in [-0.39, 0.29) is 46.3 Å². The standard InChI is InChI=1S/C24H44N2O4S/c1-21(2)13-17(14-22(3,4)25-21)29-19(27)9-11-31-12-10-20(28)30-18-15-23(5,6)26-24(7,8)16-18/h17-18,25-26H,9-16H2,1-8H3. The van der Waals surface area contributed by atoms with Crippen molar-refractivity contribution in [3.8, 4) is 0 Å². The lowest BCUT2D eigenvalue weighted by atomic mass is 9.81. The van der Waals surface area contributed by atoms with Gasteiger partial charge in [-0.1, -0.05) is 0 Å². The molecule has 2 fully saturated rings. The van der Waals surface area contributed by atoms with Crippen LogP contribution in [0, 0.1) is 0 Å². The first-order valence-corrected chi connectivity index (χ1v) is 12.8. The number of thioether (sulfide) groups is 1. The zero-order valence-electron chi connectivity index (χ0n) is 20.9. The Morgan fingerprint density at radius 1 is 0.677 bits per heavy atom. The molecule has 0 amide bonds. The van der Waals surface area contributed by atoms with Gasteiger partial charge < -0.3 is 20.1 Å². The van der Waals surface area contributed by atoms with Crippen molar-refractivity contribution in [2.75, 3.05) is 11.5 Å². The first kappa shape index (κ1) is 26.5. The van der Waals surface area contributed by atoms with Gasteiger partial charge in [-0.05, 0) is 55.4 Å². The van der Waals surface area contributed by atoms with Crippen LogP contribution in [-0.2, 0) is 19.1 Å². The Labute approximate surface area is 193 Å². The Morgan fingerprint density at radius 2 is 0.968 bits per heavy atom. The molecule has 0 unspecified atom stereocenters. The maximum atomic E-state index is 12.3. The minimum absolute atomic E-state index is 0.0410. The zero-order chi connectivity index (χ0) is 23.5. The van der Waals surface area contributed by atoms with Crippen molar-refractivity contribution >= 4 is 23.7 Å². The molecule has 0 aliphatic carbocycles. The van der Waals surface area contributed by atoms with Crippen molar-refractivity contribution in [1.82, 2.24) is 10.6 Å². The molecule has 0 spiro atoms. The number of rotatable bonds is 8. The summed E-state index contributed by atoms with van der Waals surface area (Å²) in [5.74, 6) is 1.04. The van der Waals surface area contributed by atoms with Crippen LogP contribution in [0.1, 0.15) is 93.9 Å². The maximum absolute atomic E-state index is 12.3. The van der Waals surface area contributed by atoms with E-state index in [1.165, 1.54) is 0 Å². The van der Waals surface area contributed by atoms with E-state index in [2.05, 4.69) is 66.0 Å². The third kappa shape index (κ3) is 9.70. The van der Waals surface area contributed by atoms with Crippen LogP contribution in [0.15, 0.2) is 0 Å². The van der Waals surface area contributed by atoms with Gasteiger partial charge >= 0.3 is 11.9 Å². The summed E-state index contributed by atoms with van der Waals surface area (Å²) in [7, 11) is 0. The molecule has 0 aromatic rings. The topological polar surface area (TPSA) is 76.7 Å². The summed E-state index contributed by atoms with van der Waals surface area (Å²) in [6.07, 6.45) is 3.96. The molecular formula is C24H44N2O4S. The van der Waals surface area contributed by atoms with Gasteiger partial charge in [0, 0.05) is 59.3 Å². The summed E-state index contributed by atoms with van der Waals surface area (Å²) >= 11 is 1.61. The van der Waals surface area contributed by atoms with Crippen LogP contribution in [0.3, 0.4) is 0 Å². The molecular weight excluding hydrogens is 412 g/mol.